The van der Waals surface area contributed by atoms with Crippen LogP contribution in [0.2, 0.25) is 5.02 Å². The third kappa shape index (κ3) is 1.40. The molecule has 1 aromatic heterocycles. The number of aryl methyl sites for hydroxylation is 1. The lowest BCUT2D eigenvalue weighted by Crippen LogP contribution is -1.91. The van der Waals surface area contributed by atoms with Gasteiger partial charge in [-0.3, -0.25) is 0 Å². The molecule has 2 rings (SSSR count). The van der Waals surface area contributed by atoms with Crippen LogP contribution in [0.15, 0.2) is 24.5 Å². The van der Waals surface area contributed by atoms with Crippen molar-refractivity contribution in [2.75, 3.05) is 0 Å². The van der Waals surface area contributed by atoms with E-state index in [2.05, 4.69) is 9.97 Å². The molecule has 72 valence electrons. The third-order valence-corrected chi connectivity index (χ3v) is 2.33. The third-order valence-electron chi connectivity index (χ3n) is 2.02. The average Bonchev–Trinajstić information content (AvgIpc) is 2.65. The van der Waals surface area contributed by atoms with Crippen molar-refractivity contribution < 1.29 is 4.39 Å². The molecule has 0 aliphatic heterocycles. The maximum atomic E-state index is 13.7. The SMILES string of the molecule is Cc1ccc(Cl)c(-c2ncc[nH]2)c1F. The Balaban J connectivity index is 2.69. The summed E-state index contributed by atoms with van der Waals surface area (Å²) in [6.45, 7) is 1.69. The van der Waals surface area contributed by atoms with Crippen molar-refractivity contribution in [2.24, 2.45) is 0 Å². The summed E-state index contributed by atoms with van der Waals surface area (Å²) in [5.41, 5.74) is 0.887. The van der Waals surface area contributed by atoms with Crippen LogP contribution in [0.25, 0.3) is 11.4 Å². The standard InChI is InChI=1S/C10H8ClFN2/c1-6-2-3-7(11)8(9(6)12)10-13-4-5-14-10/h2-5H,1H3,(H,13,14). The lowest BCUT2D eigenvalue weighted by Gasteiger charge is -2.04. The summed E-state index contributed by atoms with van der Waals surface area (Å²) in [7, 11) is 0. The molecule has 1 heterocycles. The predicted octanol–water partition coefficient (Wildman–Crippen LogP) is 3.18. The number of hydrogen-bond donors (Lipinski definition) is 1. The first-order valence-corrected chi connectivity index (χ1v) is 4.52. The molecule has 14 heavy (non-hydrogen) atoms. The number of aromatic nitrogens is 2. The number of benzene rings is 1. The van der Waals surface area contributed by atoms with E-state index < -0.39 is 0 Å². The second-order valence-corrected chi connectivity index (χ2v) is 3.40. The van der Waals surface area contributed by atoms with E-state index in [9.17, 15) is 4.39 Å². The lowest BCUT2D eigenvalue weighted by molar-refractivity contribution is 0.621. The van der Waals surface area contributed by atoms with E-state index >= 15 is 0 Å². The largest absolute Gasteiger partial charge is 0.344 e. The summed E-state index contributed by atoms with van der Waals surface area (Å²) in [6, 6.07) is 3.31. The minimum Gasteiger partial charge on any atom is -0.344 e. The molecule has 0 fully saturated rings. The molecule has 0 unspecified atom stereocenters. The van der Waals surface area contributed by atoms with E-state index in [-0.39, 0.29) is 5.82 Å². The number of imidazole rings is 1. The molecule has 0 spiro atoms. The molecular weight excluding hydrogens is 203 g/mol. The molecule has 1 N–H and O–H groups in total. The molecule has 0 saturated carbocycles. The van der Waals surface area contributed by atoms with Crippen LogP contribution in [0.1, 0.15) is 5.56 Å². The molecular formula is C10H8ClFN2. The van der Waals surface area contributed by atoms with Crippen LogP contribution in [0.4, 0.5) is 4.39 Å². The van der Waals surface area contributed by atoms with Gasteiger partial charge in [0.05, 0.1) is 10.6 Å². The Morgan fingerprint density at radius 3 is 2.86 bits per heavy atom. The second-order valence-electron chi connectivity index (χ2n) is 2.99. The van der Waals surface area contributed by atoms with Crippen LogP contribution in [0.5, 0.6) is 0 Å². The van der Waals surface area contributed by atoms with Crippen molar-refractivity contribution in [3.63, 3.8) is 0 Å². The normalized spacial score (nSPS) is 10.5. The van der Waals surface area contributed by atoms with E-state index in [4.69, 9.17) is 11.6 Å². The molecule has 0 atom stereocenters. The van der Waals surface area contributed by atoms with Gasteiger partial charge in [0.15, 0.2) is 0 Å². The lowest BCUT2D eigenvalue weighted by atomic mass is 10.1. The van der Waals surface area contributed by atoms with Gasteiger partial charge in [0.2, 0.25) is 0 Å². The Morgan fingerprint density at radius 1 is 1.43 bits per heavy atom. The van der Waals surface area contributed by atoms with Crippen molar-refractivity contribution in [1.82, 2.24) is 9.97 Å². The van der Waals surface area contributed by atoms with E-state index in [0.717, 1.165) is 0 Å². The fourth-order valence-electron chi connectivity index (χ4n) is 1.28. The minimum absolute atomic E-state index is 0.326. The number of nitrogens with zero attached hydrogens (tertiary/aromatic N) is 1. The number of aromatic amines is 1. The van der Waals surface area contributed by atoms with Gasteiger partial charge in [-0.1, -0.05) is 17.7 Å². The van der Waals surface area contributed by atoms with Gasteiger partial charge in [0.1, 0.15) is 11.6 Å². The fourth-order valence-corrected chi connectivity index (χ4v) is 1.51. The van der Waals surface area contributed by atoms with Gasteiger partial charge in [-0.2, -0.15) is 0 Å². The Labute approximate surface area is 85.8 Å². The highest BCUT2D eigenvalue weighted by Gasteiger charge is 2.13. The van der Waals surface area contributed by atoms with Crippen LogP contribution in [-0.2, 0) is 0 Å². The summed E-state index contributed by atoms with van der Waals surface area (Å²) in [5, 5.41) is 0.364. The zero-order valence-corrected chi connectivity index (χ0v) is 8.27. The van der Waals surface area contributed by atoms with Crippen molar-refractivity contribution in [2.45, 2.75) is 6.92 Å². The topological polar surface area (TPSA) is 28.7 Å². The highest BCUT2D eigenvalue weighted by atomic mass is 35.5. The van der Waals surface area contributed by atoms with Crippen molar-refractivity contribution in [1.29, 1.82) is 0 Å². The predicted molar refractivity (Wildman–Crippen MR) is 53.7 cm³/mol. The second kappa shape index (κ2) is 3.42. The summed E-state index contributed by atoms with van der Waals surface area (Å²) < 4.78 is 13.7. The van der Waals surface area contributed by atoms with Crippen LogP contribution >= 0.6 is 11.6 Å². The Kier molecular flexibility index (Phi) is 2.25. The maximum absolute atomic E-state index is 13.7. The fraction of sp³-hybridized carbons (Fsp3) is 0.100. The number of rotatable bonds is 1. The molecule has 0 radical (unpaired) electrons. The Morgan fingerprint density at radius 2 is 2.21 bits per heavy atom. The van der Waals surface area contributed by atoms with Crippen molar-refractivity contribution >= 4 is 11.6 Å². The minimum atomic E-state index is -0.326. The quantitative estimate of drug-likeness (QED) is 0.770. The van der Waals surface area contributed by atoms with Crippen molar-refractivity contribution in [3.8, 4) is 11.4 Å². The van der Waals surface area contributed by atoms with Gasteiger partial charge in [0, 0.05) is 12.4 Å². The van der Waals surface area contributed by atoms with Gasteiger partial charge < -0.3 is 4.98 Å². The summed E-state index contributed by atoms with van der Waals surface area (Å²) in [6.07, 6.45) is 3.20. The first kappa shape index (κ1) is 9.21. The molecule has 0 aliphatic carbocycles. The number of H-pyrrole nitrogens is 1. The van der Waals surface area contributed by atoms with E-state index in [1.165, 1.54) is 0 Å². The smallest absolute Gasteiger partial charge is 0.141 e. The average molecular weight is 211 g/mol. The molecule has 2 aromatic rings. The van der Waals surface area contributed by atoms with E-state index in [0.29, 0.717) is 22.0 Å². The van der Waals surface area contributed by atoms with Crippen LogP contribution in [0, 0.1) is 12.7 Å². The zero-order valence-electron chi connectivity index (χ0n) is 7.51. The van der Waals surface area contributed by atoms with Crippen LogP contribution in [-0.4, -0.2) is 9.97 Å². The van der Waals surface area contributed by atoms with Gasteiger partial charge in [-0.05, 0) is 18.6 Å². The molecule has 0 amide bonds. The summed E-state index contributed by atoms with van der Waals surface area (Å²) in [5.74, 6) is 0.128. The maximum Gasteiger partial charge on any atom is 0.141 e. The Hall–Kier alpha value is -1.35. The monoisotopic (exact) mass is 210 g/mol. The molecule has 4 heteroatoms. The summed E-state index contributed by atoms with van der Waals surface area (Å²) in [4.78, 5) is 6.80. The van der Waals surface area contributed by atoms with Gasteiger partial charge in [0.25, 0.3) is 0 Å². The number of halogens is 2. The van der Waals surface area contributed by atoms with E-state index in [1.54, 1.807) is 31.5 Å². The number of nitrogens with one attached hydrogen (secondary N) is 1. The highest BCUT2D eigenvalue weighted by molar-refractivity contribution is 6.33. The van der Waals surface area contributed by atoms with Crippen molar-refractivity contribution in [3.05, 3.63) is 40.9 Å². The Bertz CT molecular complexity index is 451. The molecule has 0 aliphatic rings. The van der Waals surface area contributed by atoms with Crippen LogP contribution in [0.3, 0.4) is 0 Å². The summed E-state index contributed by atoms with van der Waals surface area (Å²) >= 11 is 5.89. The molecule has 2 nitrogen and oxygen atoms in total. The van der Waals surface area contributed by atoms with E-state index in [1.807, 2.05) is 0 Å². The van der Waals surface area contributed by atoms with Crippen LogP contribution < -0.4 is 0 Å². The number of hydrogen-bond acceptors (Lipinski definition) is 1. The van der Waals surface area contributed by atoms with Gasteiger partial charge >= 0.3 is 0 Å². The first-order valence-electron chi connectivity index (χ1n) is 4.14. The first-order chi connectivity index (χ1) is 6.70. The molecule has 1 aromatic carbocycles. The van der Waals surface area contributed by atoms with Gasteiger partial charge in [-0.15, -0.1) is 0 Å². The van der Waals surface area contributed by atoms with Gasteiger partial charge in [-0.25, -0.2) is 9.37 Å². The molecule has 0 saturated heterocycles. The zero-order chi connectivity index (χ0) is 10.1. The highest BCUT2D eigenvalue weighted by Crippen LogP contribution is 2.29. The molecule has 0 bridgehead atoms.